The van der Waals surface area contributed by atoms with Gasteiger partial charge in [-0.05, 0) is 48.4 Å². The second-order valence-corrected chi connectivity index (χ2v) is 9.52. The third kappa shape index (κ3) is 4.67. The highest BCUT2D eigenvalue weighted by Gasteiger charge is 2.27. The van der Waals surface area contributed by atoms with Crippen LogP contribution in [0.3, 0.4) is 0 Å². The Hall–Kier alpha value is -3.29. The standard InChI is InChI=1S/C26H24ClN3O3S/c1-16-10-13-22(33-4)21(14-16)30-24(31)19-12-11-18(27)15-20(19)28-26(30)34-23(25(32)29(2)3)17-8-6-5-7-9-17/h5-15,23H,1-4H3. The number of carbonyl (C=O) groups is 1. The number of fused-ring (bicyclic) bond motifs is 1. The van der Waals surface area contributed by atoms with Crippen LogP contribution in [0.2, 0.25) is 5.02 Å². The summed E-state index contributed by atoms with van der Waals surface area (Å²) >= 11 is 7.43. The molecule has 1 unspecified atom stereocenters. The summed E-state index contributed by atoms with van der Waals surface area (Å²) in [5, 5.41) is 0.659. The fraction of sp³-hybridized carbons (Fsp3) is 0.192. The van der Waals surface area contributed by atoms with Crippen molar-refractivity contribution in [3.8, 4) is 11.4 Å². The van der Waals surface area contributed by atoms with E-state index in [1.165, 1.54) is 21.2 Å². The van der Waals surface area contributed by atoms with E-state index in [-0.39, 0.29) is 11.5 Å². The van der Waals surface area contributed by atoms with E-state index in [9.17, 15) is 9.59 Å². The Bertz CT molecular complexity index is 1420. The molecular formula is C26H24ClN3O3S. The number of ether oxygens (including phenoxy) is 1. The number of aryl methyl sites for hydroxylation is 1. The number of carbonyl (C=O) groups excluding carboxylic acids is 1. The van der Waals surface area contributed by atoms with Crippen LogP contribution in [0, 0.1) is 6.92 Å². The van der Waals surface area contributed by atoms with Crippen molar-refractivity contribution in [1.82, 2.24) is 14.5 Å². The molecule has 3 aromatic carbocycles. The molecule has 0 spiro atoms. The number of thioether (sulfide) groups is 1. The number of rotatable bonds is 6. The molecule has 1 heterocycles. The van der Waals surface area contributed by atoms with Gasteiger partial charge in [0.25, 0.3) is 5.56 Å². The number of aromatic nitrogens is 2. The zero-order chi connectivity index (χ0) is 24.4. The Morgan fingerprint density at radius 3 is 2.50 bits per heavy atom. The minimum absolute atomic E-state index is 0.112. The summed E-state index contributed by atoms with van der Waals surface area (Å²) in [6, 6.07) is 20.1. The molecule has 1 aromatic heterocycles. The molecule has 174 valence electrons. The Morgan fingerprint density at radius 1 is 1.09 bits per heavy atom. The van der Waals surface area contributed by atoms with Gasteiger partial charge in [-0.3, -0.25) is 14.2 Å². The summed E-state index contributed by atoms with van der Waals surface area (Å²) in [5.74, 6) is 0.416. The zero-order valence-electron chi connectivity index (χ0n) is 19.3. The van der Waals surface area contributed by atoms with Gasteiger partial charge >= 0.3 is 0 Å². The number of hydrogen-bond acceptors (Lipinski definition) is 5. The van der Waals surface area contributed by atoms with Crippen molar-refractivity contribution < 1.29 is 9.53 Å². The minimum Gasteiger partial charge on any atom is -0.495 e. The van der Waals surface area contributed by atoms with Crippen LogP contribution in [0.1, 0.15) is 16.4 Å². The molecule has 6 nitrogen and oxygen atoms in total. The van der Waals surface area contributed by atoms with Gasteiger partial charge in [-0.25, -0.2) is 4.98 Å². The number of hydrogen-bond donors (Lipinski definition) is 0. The van der Waals surface area contributed by atoms with Crippen LogP contribution < -0.4 is 10.3 Å². The molecule has 1 amide bonds. The topological polar surface area (TPSA) is 64.4 Å². The van der Waals surface area contributed by atoms with Crippen LogP contribution in [-0.4, -0.2) is 41.6 Å². The van der Waals surface area contributed by atoms with Gasteiger partial charge in [0.1, 0.15) is 11.0 Å². The van der Waals surface area contributed by atoms with Crippen molar-refractivity contribution in [3.05, 3.63) is 93.2 Å². The molecule has 4 rings (SSSR count). The maximum atomic E-state index is 13.8. The first-order valence-corrected chi connectivity index (χ1v) is 11.9. The quantitative estimate of drug-likeness (QED) is 0.270. The van der Waals surface area contributed by atoms with E-state index < -0.39 is 5.25 Å². The largest absolute Gasteiger partial charge is 0.495 e. The van der Waals surface area contributed by atoms with Gasteiger partial charge in [-0.1, -0.05) is 59.8 Å². The van der Waals surface area contributed by atoms with Crippen LogP contribution in [0.25, 0.3) is 16.6 Å². The van der Waals surface area contributed by atoms with Gasteiger partial charge in [0.2, 0.25) is 5.91 Å². The third-order valence-corrected chi connectivity index (χ3v) is 6.80. The maximum Gasteiger partial charge on any atom is 0.266 e. The van der Waals surface area contributed by atoms with E-state index in [0.717, 1.165) is 11.1 Å². The first-order valence-electron chi connectivity index (χ1n) is 10.6. The van der Waals surface area contributed by atoms with Gasteiger partial charge in [-0.2, -0.15) is 0 Å². The molecular weight excluding hydrogens is 470 g/mol. The van der Waals surface area contributed by atoms with Crippen LogP contribution in [0.5, 0.6) is 5.75 Å². The van der Waals surface area contributed by atoms with E-state index >= 15 is 0 Å². The molecule has 0 aliphatic carbocycles. The third-order valence-electron chi connectivity index (χ3n) is 5.37. The number of benzene rings is 3. The lowest BCUT2D eigenvalue weighted by Crippen LogP contribution is -2.28. The van der Waals surface area contributed by atoms with Gasteiger partial charge in [0.15, 0.2) is 5.16 Å². The number of amides is 1. The Labute approximate surface area is 207 Å². The molecule has 0 aliphatic heterocycles. The predicted molar refractivity (Wildman–Crippen MR) is 137 cm³/mol. The number of halogens is 1. The summed E-state index contributed by atoms with van der Waals surface area (Å²) in [6.07, 6.45) is 0. The van der Waals surface area contributed by atoms with Crippen molar-refractivity contribution in [1.29, 1.82) is 0 Å². The van der Waals surface area contributed by atoms with Crippen molar-refractivity contribution in [2.45, 2.75) is 17.3 Å². The summed E-state index contributed by atoms with van der Waals surface area (Å²) in [4.78, 5) is 33.3. The molecule has 0 saturated carbocycles. The van der Waals surface area contributed by atoms with Gasteiger partial charge in [0, 0.05) is 19.1 Å². The van der Waals surface area contributed by atoms with Gasteiger partial charge in [-0.15, -0.1) is 0 Å². The van der Waals surface area contributed by atoms with Gasteiger partial charge in [0.05, 0.1) is 23.7 Å². The average Bonchev–Trinajstić information content (AvgIpc) is 2.82. The normalized spacial score (nSPS) is 11.9. The highest BCUT2D eigenvalue weighted by Crippen LogP contribution is 2.38. The fourth-order valence-electron chi connectivity index (χ4n) is 3.63. The Balaban J connectivity index is 2.01. The van der Waals surface area contributed by atoms with E-state index in [4.69, 9.17) is 21.3 Å². The molecule has 8 heteroatoms. The Kier molecular flexibility index (Phi) is 6.95. The summed E-state index contributed by atoms with van der Waals surface area (Å²) in [6.45, 7) is 1.94. The highest BCUT2D eigenvalue weighted by molar-refractivity contribution is 8.00. The van der Waals surface area contributed by atoms with Crippen molar-refractivity contribution >= 4 is 40.2 Å². The molecule has 4 aromatic rings. The molecule has 1 atom stereocenters. The van der Waals surface area contributed by atoms with E-state index in [0.29, 0.717) is 32.5 Å². The van der Waals surface area contributed by atoms with E-state index in [2.05, 4.69) is 0 Å². The first-order chi connectivity index (χ1) is 16.3. The second-order valence-electron chi connectivity index (χ2n) is 8.01. The number of likely N-dealkylation sites (N-methyl/N-ethyl adjacent to an activating group) is 1. The summed E-state index contributed by atoms with van der Waals surface area (Å²) in [5.41, 5.74) is 2.53. The van der Waals surface area contributed by atoms with Crippen LogP contribution in [-0.2, 0) is 4.79 Å². The van der Waals surface area contributed by atoms with Crippen LogP contribution >= 0.6 is 23.4 Å². The molecule has 0 saturated heterocycles. The molecule has 34 heavy (non-hydrogen) atoms. The number of methoxy groups -OCH3 is 1. The summed E-state index contributed by atoms with van der Waals surface area (Å²) in [7, 11) is 4.98. The van der Waals surface area contributed by atoms with Gasteiger partial charge < -0.3 is 9.64 Å². The molecule has 0 aliphatic rings. The lowest BCUT2D eigenvalue weighted by molar-refractivity contribution is -0.128. The smallest absolute Gasteiger partial charge is 0.266 e. The Morgan fingerprint density at radius 2 is 1.82 bits per heavy atom. The van der Waals surface area contributed by atoms with Crippen molar-refractivity contribution in [2.75, 3.05) is 21.2 Å². The monoisotopic (exact) mass is 493 g/mol. The first kappa shape index (κ1) is 23.9. The van der Waals surface area contributed by atoms with E-state index in [1.807, 2.05) is 55.5 Å². The maximum absolute atomic E-state index is 13.8. The predicted octanol–water partition coefficient (Wildman–Crippen LogP) is 5.28. The zero-order valence-corrected chi connectivity index (χ0v) is 20.9. The molecule has 0 fully saturated rings. The summed E-state index contributed by atoms with van der Waals surface area (Å²) < 4.78 is 7.10. The van der Waals surface area contributed by atoms with Crippen LogP contribution in [0.4, 0.5) is 0 Å². The minimum atomic E-state index is -0.609. The lowest BCUT2D eigenvalue weighted by atomic mass is 10.1. The number of nitrogens with zero attached hydrogens (tertiary/aromatic N) is 3. The SMILES string of the molecule is COc1ccc(C)cc1-n1c(SC(C(=O)N(C)C)c2ccccc2)nc2cc(Cl)ccc2c1=O. The fourth-order valence-corrected chi connectivity index (χ4v) is 5.05. The van der Waals surface area contributed by atoms with Crippen molar-refractivity contribution in [3.63, 3.8) is 0 Å². The highest BCUT2D eigenvalue weighted by atomic mass is 35.5. The lowest BCUT2D eigenvalue weighted by Gasteiger charge is -2.22. The average molecular weight is 494 g/mol. The molecule has 0 N–H and O–H groups in total. The molecule has 0 bridgehead atoms. The van der Waals surface area contributed by atoms with Crippen LogP contribution in [0.15, 0.2) is 76.7 Å². The molecule has 0 radical (unpaired) electrons. The van der Waals surface area contributed by atoms with Crippen molar-refractivity contribution in [2.24, 2.45) is 0 Å². The van der Waals surface area contributed by atoms with E-state index in [1.54, 1.807) is 39.4 Å². The second kappa shape index (κ2) is 9.91.